The minimum Gasteiger partial charge on any atom is -0.456 e. The van der Waals surface area contributed by atoms with Crippen LogP contribution < -0.4 is 4.57 Å². The van der Waals surface area contributed by atoms with Crippen LogP contribution >= 0.6 is 11.8 Å². The third kappa shape index (κ3) is 13.4. The summed E-state index contributed by atoms with van der Waals surface area (Å²) in [7, 11) is 1.73. The zero-order chi connectivity index (χ0) is 46.8. The quantitative estimate of drug-likeness (QED) is 0.0755. The molecule has 3 aliphatic rings. The molecule has 1 aromatic heterocycles. The van der Waals surface area contributed by atoms with E-state index in [1.165, 1.54) is 4.57 Å². The van der Waals surface area contributed by atoms with E-state index >= 15 is 0 Å². The van der Waals surface area contributed by atoms with E-state index < -0.39 is 147 Å². The Kier molecular flexibility index (Phi) is 18.0. The van der Waals surface area contributed by atoms with Gasteiger partial charge in [-0.2, -0.15) is 0 Å². The third-order valence-corrected chi connectivity index (χ3v) is 10.9. The van der Waals surface area contributed by atoms with E-state index in [-0.39, 0.29) is 6.54 Å². The molecule has 0 amide bonds. The van der Waals surface area contributed by atoms with Gasteiger partial charge in [-0.05, 0) is 12.1 Å². The second-order valence-corrected chi connectivity index (χ2v) is 16.1. The summed E-state index contributed by atoms with van der Waals surface area (Å²) in [6.45, 7) is 2.91. The fourth-order valence-corrected chi connectivity index (χ4v) is 8.29. The number of carbonyl (C=O) groups excluding carboxylic acids is 6. The van der Waals surface area contributed by atoms with E-state index in [0.717, 1.165) is 46.4 Å². The van der Waals surface area contributed by atoms with Crippen LogP contribution in [0.3, 0.4) is 0 Å². The van der Waals surface area contributed by atoms with Crippen molar-refractivity contribution in [1.29, 1.82) is 0 Å². The molecule has 4 heterocycles. The highest BCUT2D eigenvalue weighted by Gasteiger charge is 2.56. The monoisotopic (exact) mass is 929 g/mol. The molecule has 24 heteroatoms. The van der Waals surface area contributed by atoms with Gasteiger partial charge in [-0.15, -0.1) is 0 Å². The molecule has 2 aromatic rings. The molecule has 4 N–H and O–H groups in total. The summed E-state index contributed by atoms with van der Waals surface area (Å²) in [5, 5.41) is 41.0. The number of aryl methyl sites for hydroxylation is 1. The normalized spacial score (nSPS) is 32.7. The lowest BCUT2D eigenvalue weighted by Gasteiger charge is -2.46. The molecule has 64 heavy (non-hydrogen) atoms. The van der Waals surface area contributed by atoms with Crippen LogP contribution in [-0.4, -0.2) is 172 Å². The number of rotatable bonds is 17. The Morgan fingerprint density at radius 3 is 1.69 bits per heavy atom. The van der Waals surface area contributed by atoms with E-state index in [9.17, 15) is 49.2 Å². The molecular formula is C40H53N2O21S+. The van der Waals surface area contributed by atoms with E-state index in [1.807, 2.05) is 0 Å². The number of ether oxygens (including phenoxy) is 11. The summed E-state index contributed by atoms with van der Waals surface area (Å²) < 4.78 is 67.4. The summed E-state index contributed by atoms with van der Waals surface area (Å²) in [5.74, 6) is -5.19. The number of imidazole rings is 1. The first-order valence-corrected chi connectivity index (χ1v) is 20.9. The fraction of sp³-hybridized carbons (Fsp3) is 0.625. The van der Waals surface area contributed by atoms with Crippen LogP contribution in [-0.2, 0) is 94.5 Å². The van der Waals surface area contributed by atoms with Crippen LogP contribution in [0.5, 0.6) is 0 Å². The summed E-state index contributed by atoms with van der Waals surface area (Å²) in [4.78, 5) is 77.2. The van der Waals surface area contributed by atoms with Crippen LogP contribution in [0.4, 0.5) is 0 Å². The predicted octanol–water partition coefficient (Wildman–Crippen LogP) is -2.04. The molecule has 354 valence electrons. The van der Waals surface area contributed by atoms with Crippen molar-refractivity contribution >= 4 is 47.6 Å². The van der Waals surface area contributed by atoms with Crippen molar-refractivity contribution in [3.05, 3.63) is 49.1 Å². The van der Waals surface area contributed by atoms with Gasteiger partial charge >= 0.3 is 35.8 Å². The maximum absolute atomic E-state index is 13.6. The molecule has 0 radical (unpaired) electrons. The lowest BCUT2D eigenvalue weighted by molar-refractivity contribution is -0.671. The highest BCUT2D eigenvalue weighted by molar-refractivity contribution is 7.99. The van der Waals surface area contributed by atoms with Crippen molar-refractivity contribution in [3.8, 4) is 0 Å². The Morgan fingerprint density at radius 1 is 0.625 bits per heavy atom. The highest BCUT2D eigenvalue weighted by Crippen LogP contribution is 2.39. The van der Waals surface area contributed by atoms with Gasteiger partial charge in [0.2, 0.25) is 6.33 Å². The average Bonchev–Trinajstić information content (AvgIpc) is 3.63. The minimum absolute atomic E-state index is 0.323. The summed E-state index contributed by atoms with van der Waals surface area (Å²) >= 11 is 1.08. The van der Waals surface area contributed by atoms with Crippen molar-refractivity contribution in [1.82, 2.24) is 4.57 Å². The average molecular weight is 930 g/mol. The topological polar surface area (TPSA) is 294 Å². The molecule has 0 bridgehead atoms. The second kappa shape index (κ2) is 22.9. The lowest BCUT2D eigenvalue weighted by Crippen LogP contribution is -2.65. The second-order valence-electron chi connectivity index (χ2n) is 15.0. The molecule has 0 spiro atoms. The number of aliphatic hydroxyl groups is 4. The molecular weight excluding hydrogens is 876 g/mol. The summed E-state index contributed by atoms with van der Waals surface area (Å²) in [5.41, 5.74) is -1.15. The summed E-state index contributed by atoms with van der Waals surface area (Å²) in [6.07, 6.45) is -17.6. The lowest BCUT2D eigenvalue weighted by atomic mass is 9.97. The van der Waals surface area contributed by atoms with E-state index in [0.29, 0.717) is 4.90 Å². The van der Waals surface area contributed by atoms with Crippen molar-refractivity contribution in [2.75, 3.05) is 19.8 Å². The van der Waals surface area contributed by atoms with Gasteiger partial charge in [0.05, 0.1) is 26.9 Å². The zero-order valence-electron chi connectivity index (χ0n) is 35.6. The van der Waals surface area contributed by atoms with Gasteiger partial charge in [0.1, 0.15) is 54.5 Å². The van der Waals surface area contributed by atoms with E-state index in [2.05, 4.69) is 0 Å². The minimum atomic E-state index is -1.86. The van der Waals surface area contributed by atoms with Crippen molar-refractivity contribution in [2.24, 2.45) is 7.05 Å². The maximum Gasteiger partial charge on any atom is 0.349 e. The Labute approximate surface area is 370 Å². The standard InChI is InChI=1S/C40H53N2O21S/c1-19(44)55-32-26(16-53-38-31(52)30(51)29(50)25(15-43)60-38)61-39(36(58-22(4)47)34(32)56-20(2)45)54-17-27-33(63-28(49)14-42-13-12-41(6)18-42)35(57-21(3)46)37(59-23(5)48)40(62-27)64-24-10-8-7-9-11-24/h7-13,18,25-27,29-40,43,50-52H,14-17H2,1-6H3/q+1/t25-,26-,27-,29-,30+,31+,32-,33-,34+,35+,36-,37-,38-,39-,40+/m1/s1. The third-order valence-electron chi connectivity index (χ3n) is 9.79. The van der Waals surface area contributed by atoms with Gasteiger partial charge in [0, 0.05) is 39.5 Å². The van der Waals surface area contributed by atoms with Crippen LogP contribution in [0.25, 0.3) is 0 Å². The Morgan fingerprint density at radius 2 is 1.12 bits per heavy atom. The Hall–Kier alpha value is -4.76. The highest BCUT2D eigenvalue weighted by atomic mass is 32.2. The molecule has 3 fully saturated rings. The predicted molar refractivity (Wildman–Crippen MR) is 209 cm³/mol. The molecule has 1 aromatic carbocycles. The van der Waals surface area contributed by atoms with Gasteiger partial charge in [-0.25, -0.2) is 13.9 Å². The first-order valence-electron chi connectivity index (χ1n) is 20.0. The van der Waals surface area contributed by atoms with Gasteiger partial charge in [0.25, 0.3) is 0 Å². The first kappa shape index (κ1) is 50.2. The van der Waals surface area contributed by atoms with Crippen LogP contribution in [0, 0.1) is 0 Å². The van der Waals surface area contributed by atoms with Crippen LogP contribution in [0.15, 0.2) is 53.9 Å². The molecule has 5 rings (SSSR count). The molecule has 23 nitrogen and oxygen atoms in total. The number of nitrogens with zero attached hydrogens (tertiary/aromatic N) is 2. The number of esters is 6. The van der Waals surface area contributed by atoms with Crippen molar-refractivity contribution < 1.29 is 106 Å². The number of carbonyl (C=O) groups is 6. The molecule has 15 atom stereocenters. The van der Waals surface area contributed by atoms with Crippen molar-refractivity contribution in [3.63, 3.8) is 0 Å². The Bertz CT molecular complexity index is 1920. The molecule has 0 saturated carbocycles. The number of benzene rings is 1. The molecule has 3 aliphatic heterocycles. The van der Waals surface area contributed by atoms with Gasteiger partial charge in [-0.3, -0.25) is 24.0 Å². The Balaban J connectivity index is 1.52. The number of aliphatic hydroxyl groups excluding tert-OH is 4. The van der Waals surface area contributed by atoms with Gasteiger partial charge in [0.15, 0.2) is 55.7 Å². The number of hydrogen-bond acceptors (Lipinski definition) is 22. The molecule has 0 aliphatic carbocycles. The molecule has 0 unspecified atom stereocenters. The van der Waals surface area contributed by atoms with Crippen LogP contribution in [0.1, 0.15) is 34.6 Å². The van der Waals surface area contributed by atoms with E-state index in [4.69, 9.17) is 52.1 Å². The number of thioether (sulfide) groups is 1. The molecule has 3 saturated heterocycles. The zero-order valence-corrected chi connectivity index (χ0v) is 36.5. The fourth-order valence-electron chi connectivity index (χ4n) is 7.17. The smallest absolute Gasteiger partial charge is 0.349 e. The maximum atomic E-state index is 13.6. The summed E-state index contributed by atoms with van der Waals surface area (Å²) in [6, 6.07) is 8.76. The first-order chi connectivity index (χ1) is 30.3. The van der Waals surface area contributed by atoms with Crippen LogP contribution in [0.2, 0.25) is 0 Å². The largest absolute Gasteiger partial charge is 0.456 e. The number of hydrogen-bond donors (Lipinski definition) is 4. The SMILES string of the molecule is CC(=O)O[C@@H]1[C@@H](OC(C)=O)[C@H](Sc2ccccc2)O[C@H](CO[C@@H]2O[C@H](CO[C@@H]3O[C@H](CO)[C@@H](O)[C@H](O)[C@@H]3O)[C@@H](OC(C)=O)[C@H](OC(C)=O)[C@H]2OC(C)=O)[C@H]1OC(=O)Cn1cc[n+](C)c1. The van der Waals surface area contributed by atoms with E-state index in [1.54, 1.807) is 60.7 Å². The van der Waals surface area contributed by atoms with Gasteiger partial charge < -0.3 is 72.5 Å². The van der Waals surface area contributed by atoms with Gasteiger partial charge in [-0.1, -0.05) is 30.0 Å². The number of aromatic nitrogens is 2. The van der Waals surface area contributed by atoms with Crippen molar-refractivity contribution in [2.45, 2.75) is 137 Å².